The van der Waals surface area contributed by atoms with Crippen LogP contribution in [0.25, 0.3) is 22.2 Å². The van der Waals surface area contributed by atoms with E-state index in [9.17, 15) is 0 Å². The molecule has 1 aliphatic rings. The van der Waals surface area contributed by atoms with Crippen LogP contribution in [0.1, 0.15) is 17.7 Å². The van der Waals surface area contributed by atoms with Crippen molar-refractivity contribution < 1.29 is 9.15 Å². The van der Waals surface area contributed by atoms with Crippen LogP contribution in [0, 0.1) is 6.92 Å². The van der Waals surface area contributed by atoms with Gasteiger partial charge in [0.15, 0.2) is 0 Å². The molecule has 3 heterocycles. The Kier molecular flexibility index (Phi) is 8.24. The molecule has 0 saturated carbocycles. The molecular formula is C28H30BrClN4O2. The predicted molar refractivity (Wildman–Crippen MR) is 150 cm³/mol. The minimum Gasteiger partial charge on any atom is -0.460 e. The number of hydrogen-bond donors (Lipinski definition) is 2. The van der Waals surface area contributed by atoms with Gasteiger partial charge in [0, 0.05) is 40.4 Å². The lowest BCUT2D eigenvalue weighted by Gasteiger charge is -2.26. The number of morpholine rings is 1. The van der Waals surface area contributed by atoms with Crippen molar-refractivity contribution >= 4 is 49.8 Å². The molecule has 1 saturated heterocycles. The zero-order valence-corrected chi connectivity index (χ0v) is 22.7. The standard InChI is InChI=1S/C28H30BrClN4O2/c1-19-15-21(29)17-24(30)28(19)33-25-7-9-32-26-16-20(3-5-23(25)26)27-6-4-22(36-27)18-31-8-2-10-34-11-13-35-14-12-34/h3-7,9,15-17,31H,2,8,10-14,18H2,1H3,(H,32,33). The monoisotopic (exact) mass is 568 g/mol. The van der Waals surface area contributed by atoms with Crippen molar-refractivity contribution in [2.24, 2.45) is 0 Å². The van der Waals surface area contributed by atoms with Crippen molar-refractivity contribution in [3.05, 3.63) is 75.5 Å². The van der Waals surface area contributed by atoms with Gasteiger partial charge in [0.05, 0.1) is 36.0 Å². The Labute approximate surface area is 225 Å². The number of anilines is 2. The van der Waals surface area contributed by atoms with Crippen molar-refractivity contribution in [1.82, 2.24) is 15.2 Å². The number of rotatable bonds is 9. The lowest BCUT2D eigenvalue weighted by molar-refractivity contribution is 0.0374. The molecule has 0 spiro atoms. The van der Waals surface area contributed by atoms with Crippen LogP contribution in [0.2, 0.25) is 5.02 Å². The molecule has 8 heteroatoms. The lowest BCUT2D eigenvalue weighted by atomic mass is 10.1. The van der Waals surface area contributed by atoms with Crippen molar-refractivity contribution in [3.63, 3.8) is 0 Å². The second-order valence-corrected chi connectivity index (χ2v) is 10.4. The fourth-order valence-corrected chi connectivity index (χ4v) is 5.52. The molecule has 188 valence electrons. The minimum atomic E-state index is 0.668. The van der Waals surface area contributed by atoms with Crippen molar-refractivity contribution in [2.45, 2.75) is 19.9 Å². The van der Waals surface area contributed by atoms with Gasteiger partial charge in [0.25, 0.3) is 0 Å². The molecule has 5 rings (SSSR count). The van der Waals surface area contributed by atoms with E-state index in [1.807, 2.05) is 43.5 Å². The molecule has 2 aromatic heterocycles. The SMILES string of the molecule is Cc1cc(Br)cc(Cl)c1Nc1ccnc2cc(-c3ccc(CNCCCN4CCOCC4)o3)ccc12. The molecule has 0 aliphatic carbocycles. The first-order chi connectivity index (χ1) is 17.6. The molecule has 36 heavy (non-hydrogen) atoms. The molecule has 6 nitrogen and oxygen atoms in total. The van der Waals surface area contributed by atoms with E-state index >= 15 is 0 Å². The number of ether oxygens (including phenoxy) is 1. The average Bonchev–Trinajstić information content (AvgIpc) is 3.35. The van der Waals surface area contributed by atoms with Crippen LogP contribution in [0.5, 0.6) is 0 Å². The average molecular weight is 570 g/mol. The second-order valence-electron chi connectivity index (χ2n) is 9.05. The van der Waals surface area contributed by atoms with E-state index in [-0.39, 0.29) is 0 Å². The maximum absolute atomic E-state index is 6.50. The van der Waals surface area contributed by atoms with Crippen LogP contribution < -0.4 is 10.6 Å². The van der Waals surface area contributed by atoms with Gasteiger partial charge in [-0.1, -0.05) is 33.6 Å². The molecule has 2 aromatic carbocycles. The normalized spacial score (nSPS) is 14.4. The molecule has 0 atom stereocenters. The largest absolute Gasteiger partial charge is 0.460 e. The van der Waals surface area contributed by atoms with E-state index in [1.165, 1.54) is 0 Å². The third-order valence-electron chi connectivity index (χ3n) is 6.43. The van der Waals surface area contributed by atoms with E-state index in [4.69, 9.17) is 20.8 Å². The molecule has 0 bridgehead atoms. The van der Waals surface area contributed by atoms with E-state index in [0.29, 0.717) is 5.02 Å². The maximum atomic E-state index is 6.50. The number of furan rings is 1. The molecule has 4 aromatic rings. The third kappa shape index (κ3) is 6.10. The summed E-state index contributed by atoms with van der Waals surface area (Å²) in [5.74, 6) is 1.77. The summed E-state index contributed by atoms with van der Waals surface area (Å²) in [5.41, 5.74) is 4.81. The fourth-order valence-electron chi connectivity index (χ4n) is 4.50. The summed E-state index contributed by atoms with van der Waals surface area (Å²) < 4.78 is 12.5. The fraction of sp³-hybridized carbons (Fsp3) is 0.321. The van der Waals surface area contributed by atoms with E-state index in [2.05, 4.69) is 54.6 Å². The van der Waals surface area contributed by atoms with Gasteiger partial charge in [-0.25, -0.2) is 0 Å². The molecule has 0 amide bonds. The van der Waals surface area contributed by atoms with Gasteiger partial charge in [0.2, 0.25) is 0 Å². The highest BCUT2D eigenvalue weighted by Crippen LogP contribution is 2.35. The lowest BCUT2D eigenvalue weighted by Crippen LogP contribution is -2.37. The van der Waals surface area contributed by atoms with E-state index in [0.717, 1.165) is 102 Å². The quantitative estimate of drug-likeness (QED) is 0.217. The van der Waals surface area contributed by atoms with Gasteiger partial charge in [-0.3, -0.25) is 9.88 Å². The van der Waals surface area contributed by atoms with Gasteiger partial charge < -0.3 is 19.8 Å². The van der Waals surface area contributed by atoms with Gasteiger partial charge in [0.1, 0.15) is 11.5 Å². The smallest absolute Gasteiger partial charge is 0.134 e. The van der Waals surface area contributed by atoms with Crippen LogP contribution in [0.3, 0.4) is 0 Å². The van der Waals surface area contributed by atoms with Crippen LogP contribution >= 0.6 is 27.5 Å². The Hall–Kier alpha value is -2.42. The summed E-state index contributed by atoms with van der Waals surface area (Å²) in [6.45, 7) is 8.60. The number of halogens is 2. The summed E-state index contributed by atoms with van der Waals surface area (Å²) in [6.07, 6.45) is 2.93. The van der Waals surface area contributed by atoms with E-state index in [1.54, 1.807) is 0 Å². The zero-order valence-electron chi connectivity index (χ0n) is 20.3. The van der Waals surface area contributed by atoms with Gasteiger partial charge in [-0.15, -0.1) is 0 Å². The van der Waals surface area contributed by atoms with Crippen LogP contribution in [-0.4, -0.2) is 49.3 Å². The minimum absolute atomic E-state index is 0.668. The number of nitrogens with one attached hydrogen (secondary N) is 2. The van der Waals surface area contributed by atoms with Crippen molar-refractivity contribution in [1.29, 1.82) is 0 Å². The Bertz CT molecular complexity index is 1310. The summed E-state index contributed by atoms with van der Waals surface area (Å²) in [5, 5.41) is 8.68. The number of hydrogen-bond acceptors (Lipinski definition) is 6. The van der Waals surface area contributed by atoms with Gasteiger partial charge in [-0.05, 0) is 74.5 Å². The number of benzene rings is 2. The Morgan fingerprint density at radius 3 is 2.78 bits per heavy atom. The number of aryl methyl sites for hydroxylation is 1. The predicted octanol–water partition coefficient (Wildman–Crippen LogP) is 6.77. The van der Waals surface area contributed by atoms with Crippen LogP contribution in [-0.2, 0) is 11.3 Å². The number of aromatic nitrogens is 1. The molecule has 0 unspecified atom stereocenters. The Morgan fingerprint density at radius 1 is 1.08 bits per heavy atom. The molecule has 0 radical (unpaired) electrons. The van der Waals surface area contributed by atoms with Crippen LogP contribution in [0.4, 0.5) is 11.4 Å². The molecule has 1 aliphatic heterocycles. The summed E-state index contributed by atoms with van der Waals surface area (Å²) >= 11 is 10.00. The number of nitrogens with zero attached hydrogens (tertiary/aromatic N) is 2. The first-order valence-corrected chi connectivity index (χ1v) is 13.5. The van der Waals surface area contributed by atoms with Crippen molar-refractivity contribution in [3.8, 4) is 11.3 Å². The highest BCUT2D eigenvalue weighted by Gasteiger charge is 2.12. The first-order valence-electron chi connectivity index (χ1n) is 12.3. The Morgan fingerprint density at radius 2 is 1.94 bits per heavy atom. The topological polar surface area (TPSA) is 62.6 Å². The summed E-state index contributed by atoms with van der Waals surface area (Å²) in [7, 11) is 0. The zero-order chi connectivity index (χ0) is 24.9. The maximum Gasteiger partial charge on any atom is 0.134 e. The van der Waals surface area contributed by atoms with Crippen molar-refractivity contribution in [2.75, 3.05) is 44.7 Å². The highest BCUT2D eigenvalue weighted by atomic mass is 79.9. The third-order valence-corrected chi connectivity index (χ3v) is 7.19. The first kappa shape index (κ1) is 25.2. The second kappa shape index (κ2) is 11.8. The molecular weight excluding hydrogens is 540 g/mol. The molecule has 2 N–H and O–H groups in total. The Balaban J connectivity index is 1.23. The number of pyridine rings is 1. The number of fused-ring (bicyclic) bond motifs is 1. The summed E-state index contributed by atoms with van der Waals surface area (Å²) in [4.78, 5) is 7.06. The van der Waals surface area contributed by atoms with E-state index < -0.39 is 0 Å². The van der Waals surface area contributed by atoms with Gasteiger partial charge in [-0.2, -0.15) is 0 Å². The highest BCUT2D eigenvalue weighted by molar-refractivity contribution is 9.10. The molecule has 1 fully saturated rings. The van der Waals surface area contributed by atoms with Gasteiger partial charge >= 0.3 is 0 Å². The van der Waals surface area contributed by atoms with Crippen LogP contribution in [0.15, 0.2) is 63.6 Å². The summed E-state index contributed by atoms with van der Waals surface area (Å²) in [6, 6.07) is 16.2.